The van der Waals surface area contributed by atoms with Crippen molar-refractivity contribution in [2.45, 2.75) is 0 Å². The predicted octanol–water partition coefficient (Wildman–Crippen LogP) is 14.6. The molecule has 0 bridgehead atoms. The lowest BCUT2D eigenvalue weighted by molar-refractivity contribution is 0.669. The van der Waals surface area contributed by atoms with Crippen molar-refractivity contribution in [1.82, 2.24) is 4.57 Å². The number of furan rings is 1. The fourth-order valence-electron chi connectivity index (χ4n) is 8.38. The van der Waals surface area contributed by atoms with E-state index in [1.807, 2.05) is 12.1 Å². The van der Waals surface area contributed by atoms with Crippen LogP contribution in [0.2, 0.25) is 0 Å². The number of hydrogen-bond donors (Lipinski definition) is 0. The molecule has 3 nitrogen and oxygen atoms in total. The molecule has 0 N–H and O–H groups in total. The van der Waals surface area contributed by atoms with E-state index in [-0.39, 0.29) is 0 Å². The zero-order valence-corrected chi connectivity index (χ0v) is 29.9. The van der Waals surface area contributed by atoms with Crippen LogP contribution in [0.25, 0.3) is 82.5 Å². The number of anilines is 3. The van der Waals surface area contributed by atoms with Crippen LogP contribution in [0.1, 0.15) is 0 Å². The largest absolute Gasteiger partial charge is 0.456 e. The standard InChI is InChI=1S/C52H34N2O/c1-3-12-35(13-4-1)37-24-26-41(27-25-37)53(43-28-30-46-45-18-9-10-21-50(45)55-51(46)34-43)42-29-31-47-49(33-42)54(40-16-5-2-6-17-40)48-20-11-19-44(52(47)48)39-23-22-36-14-7-8-15-38(36)32-39/h1-34H. The molecule has 55 heavy (non-hydrogen) atoms. The fourth-order valence-corrected chi connectivity index (χ4v) is 8.38. The maximum absolute atomic E-state index is 6.43. The number of hydrogen-bond acceptors (Lipinski definition) is 2. The third-order valence-electron chi connectivity index (χ3n) is 11.0. The third kappa shape index (κ3) is 5.20. The van der Waals surface area contributed by atoms with E-state index in [0.717, 1.165) is 50.2 Å². The number of rotatable bonds is 6. The van der Waals surface area contributed by atoms with Crippen molar-refractivity contribution >= 4 is 71.6 Å². The maximum Gasteiger partial charge on any atom is 0.137 e. The Bertz CT molecular complexity index is 3190. The van der Waals surface area contributed by atoms with Crippen LogP contribution >= 0.6 is 0 Å². The molecule has 11 aromatic rings. The monoisotopic (exact) mass is 702 g/mol. The second-order valence-corrected chi connectivity index (χ2v) is 14.2. The molecule has 0 spiro atoms. The van der Waals surface area contributed by atoms with Gasteiger partial charge in [0.25, 0.3) is 0 Å². The molecular formula is C52H34N2O. The van der Waals surface area contributed by atoms with E-state index in [2.05, 4.69) is 204 Å². The molecule has 11 rings (SSSR count). The molecule has 0 aliphatic rings. The molecule has 2 aromatic heterocycles. The molecule has 0 amide bonds. The van der Waals surface area contributed by atoms with Crippen molar-refractivity contribution in [2.75, 3.05) is 4.90 Å². The smallest absolute Gasteiger partial charge is 0.137 e. The quantitative estimate of drug-likeness (QED) is 0.172. The van der Waals surface area contributed by atoms with Crippen molar-refractivity contribution in [1.29, 1.82) is 0 Å². The highest BCUT2D eigenvalue weighted by molar-refractivity contribution is 6.17. The van der Waals surface area contributed by atoms with Crippen LogP contribution in [-0.4, -0.2) is 4.57 Å². The van der Waals surface area contributed by atoms with Gasteiger partial charge >= 0.3 is 0 Å². The summed E-state index contributed by atoms with van der Waals surface area (Å²) in [5.74, 6) is 0. The highest BCUT2D eigenvalue weighted by Crippen LogP contribution is 2.44. The zero-order chi connectivity index (χ0) is 36.3. The van der Waals surface area contributed by atoms with Gasteiger partial charge in [-0.2, -0.15) is 0 Å². The first-order valence-corrected chi connectivity index (χ1v) is 18.8. The van der Waals surface area contributed by atoms with E-state index in [1.54, 1.807) is 0 Å². The van der Waals surface area contributed by atoms with Crippen LogP contribution in [0.4, 0.5) is 17.1 Å². The highest BCUT2D eigenvalue weighted by Gasteiger charge is 2.21. The van der Waals surface area contributed by atoms with Gasteiger partial charge in [-0.15, -0.1) is 0 Å². The summed E-state index contributed by atoms with van der Waals surface area (Å²) < 4.78 is 8.84. The summed E-state index contributed by atoms with van der Waals surface area (Å²) in [5, 5.41) is 7.16. The summed E-state index contributed by atoms with van der Waals surface area (Å²) in [7, 11) is 0. The molecule has 0 saturated carbocycles. The van der Waals surface area contributed by atoms with E-state index >= 15 is 0 Å². The Kier molecular flexibility index (Phi) is 7.17. The van der Waals surface area contributed by atoms with E-state index < -0.39 is 0 Å². The van der Waals surface area contributed by atoms with Crippen LogP contribution in [0, 0.1) is 0 Å². The average molecular weight is 703 g/mol. The number of para-hydroxylation sites is 2. The van der Waals surface area contributed by atoms with Crippen LogP contribution in [0.15, 0.2) is 211 Å². The van der Waals surface area contributed by atoms with Crippen molar-refractivity contribution < 1.29 is 4.42 Å². The van der Waals surface area contributed by atoms with Gasteiger partial charge in [0.05, 0.1) is 11.0 Å². The van der Waals surface area contributed by atoms with Gasteiger partial charge in [-0.25, -0.2) is 0 Å². The van der Waals surface area contributed by atoms with Crippen LogP contribution < -0.4 is 4.90 Å². The maximum atomic E-state index is 6.43. The minimum absolute atomic E-state index is 0.865. The van der Waals surface area contributed by atoms with Gasteiger partial charge in [0.15, 0.2) is 0 Å². The topological polar surface area (TPSA) is 21.3 Å². The van der Waals surface area contributed by atoms with Crippen LogP contribution in [0.5, 0.6) is 0 Å². The Morgan fingerprint density at radius 2 is 1.00 bits per heavy atom. The molecule has 0 aliphatic carbocycles. The van der Waals surface area contributed by atoms with Crippen LogP contribution in [-0.2, 0) is 0 Å². The van der Waals surface area contributed by atoms with Gasteiger partial charge in [0, 0.05) is 50.4 Å². The molecular weight excluding hydrogens is 669 g/mol. The first-order chi connectivity index (χ1) is 27.3. The summed E-state index contributed by atoms with van der Waals surface area (Å²) >= 11 is 0. The Labute approximate surface area is 318 Å². The Hall–Kier alpha value is -7.36. The van der Waals surface area contributed by atoms with Gasteiger partial charge in [0.1, 0.15) is 11.2 Å². The van der Waals surface area contributed by atoms with E-state index in [1.165, 1.54) is 49.3 Å². The minimum atomic E-state index is 0.865. The summed E-state index contributed by atoms with van der Waals surface area (Å²) in [6.45, 7) is 0. The summed E-state index contributed by atoms with van der Waals surface area (Å²) in [5.41, 5.74) is 13.1. The van der Waals surface area contributed by atoms with Crippen molar-refractivity contribution in [3.63, 3.8) is 0 Å². The Morgan fingerprint density at radius 1 is 0.364 bits per heavy atom. The SMILES string of the molecule is c1ccc(-c2ccc(N(c3ccc4c(c3)oc3ccccc34)c3ccc4c5c(-c6ccc7ccccc7c6)cccc5n(-c5ccccc5)c4c3)cc2)cc1. The molecule has 0 radical (unpaired) electrons. The van der Waals surface area contributed by atoms with Gasteiger partial charge in [-0.3, -0.25) is 0 Å². The minimum Gasteiger partial charge on any atom is -0.456 e. The summed E-state index contributed by atoms with van der Waals surface area (Å²) in [4.78, 5) is 2.35. The molecule has 9 aromatic carbocycles. The molecule has 3 heteroatoms. The van der Waals surface area contributed by atoms with Crippen molar-refractivity contribution in [3.8, 4) is 27.9 Å². The molecule has 0 atom stereocenters. The first-order valence-electron chi connectivity index (χ1n) is 18.8. The van der Waals surface area contributed by atoms with Gasteiger partial charge in [0.2, 0.25) is 0 Å². The third-order valence-corrected chi connectivity index (χ3v) is 11.0. The Balaban J connectivity index is 1.15. The van der Waals surface area contributed by atoms with E-state index in [9.17, 15) is 0 Å². The number of benzene rings is 9. The predicted molar refractivity (Wildman–Crippen MR) is 231 cm³/mol. The van der Waals surface area contributed by atoms with Crippen LogP contribution in [0.3, 0.4) is 0 Å². The van der Waals surface area contributed by atoms with Gasteiger partial charge < -0.3 is 13.9 Å². The normalized spacial score (nSPS) is 11.6. The lowest BCUT2D eigenvalue weighted by Crippen LogP contribution is -2.10. The molecule has 0 unspecified atom stereocenters. The second-order valence-electron chi connectivity index (χ2n) is 14.2. The van der Waals surface area contributed by atoms with E-state index in [0.29, 0.717) is 0 Å². The first kappa shape index (κ1) is 31.2. The highest BCUT2D eigenvalue weighted by atomic mass is 16.3. The summed E-state index contributed by atoms with van der Waals surface area (Å²) in [6.07, 6.45) is 0. The molecule has 258 valence electrons. The van der Waals surface area contributed by atoms with Gasteiger partial charge in [-0.05, 0) is 99.8 Å². The van der Waals surface area contributed by atoms with Crippen molar-refractivity contribution in [2.24, 2.45) is 0 Å². The zero-order valence-electron chi connectivity index (χ0n) is 29.9. The fraction of sp³-hybridized carbons (Fsp3) is 0. The molecule has 0 aliphatic heterocycles. The number of nitrogens with zero attached hydrogens (tertiary/aromatic N) is 2. The van der Waals surface area contributed by atoms with Crippen molar-refractivity contribution in [3.05, 3.63) is 206 Å². The lowest BCUT2D eigenvalue weighted by atomic mass is 9.97. The number of fused-ring (bicyclic) bond motifs is 7. The molecule has 0 saturated heterocycles. The lowest BCUT2D eigenvalue weighted by Gasteiger charge is -2.26. The van der Waals surface area contributed by atoms with Gasteiger partial charge in [-0.1, -0.05) is 133 Å². The average Bonchev–Trinajstić information content (AvgIpc) is 3.79. The number of aromatic nitrogens is 1. The van der Waals surface area contributed by atoms with E-state index in [4.69, 9.17) is 4.42 Å². The second kappa shape index (κ2) is 12.6. The molecule has 0 fully saturated rings. The molecule has 2 heterocycles. The Morgan fingerprint density at radius 3 is 1.84 bits per heavy atom. The summed E-state index contributed by atoms with van der Waals surface area (Å²) in [6, 6.07) is 74.0.